The van der Waals surface area contributed by atoms with Crippen LogP contribution in [0.3, 0.4) is 0 Å². The highest BCUT2D eigenvalue weighted by molar-refractivity contribution is 7.20. The van der Waals surface area contributed by atoms with Crippen molar-refractivity contribution < 1.29 is 9.90 Å². The third kappa shape index (κ3) is 1.36. The van der Waals surface area contributed by atoms with E-state index >= 15 is 0 Å². The molecule has 0 aliphatic heterocycles. The number of thiazole rings is 1. The minimum Gasteiger partial charge on any atom is -0.476 e. The number of carbonyl (C=O) groups is 1. The molecule has 13 heavy (non-hydrogen) atoms. The molecule has 1 N–H and O–H groups in total. The number of carboxylic acid groups (broad SMARTS) is 1. The summed E-state index contributed by atoms with van der Waals surface area (Å²) < 4.78 is 0.613. The van der Waals surface area contributed by atoms with Gasteiger partial charge in [-0.2, -0.15) is 0 Å². The number of aromatic nitrogens is 2. The Morgan fingerprint density at radius 3 is 3.00 bits per heavy atom. The van der Waals surface area contributed by atoms with E-state index < -0.39 is 5.97 Å². The molecule has 2 heterocycles. The highest BCUT2D eigenvalue weighted by atomic mass is 35.5. The number of hydrogen-bond acceptors (Lipinski definition) is 4. The monoisotopic (exact) mass is 214 g/mol. The van der Waals surface area contributed by atoms with Gasteiger partial charge in [0.25, 0.3) is 0 Å². The van der Waals surface area contributed by atoms with Gasteiger partial charge in [0, 0.05) is 6.20 Å². The number of halogens is 1. The second-order valence-corrected chi connectivity index (χ2v) is 3.68. The molecule has 0 saturated heterocycles. The molecular weight excluding hydrogens is 212 g/mol. The van der Waals surface area contributed by atoms with Gasteiger partial charge in [-0.25, -0.2) is 14.8 Å². The first-order chi connectivity index (χ1) is 6.18. The van der Waals surface area contributed by atoms with Crippen LogP contribution in [-0.2, 0) is 0 Å². The van der Waals surface area contributed by atoms with E-state index in [1.807, 2.05) is 0 Å². The van der Waals surface area contributed by atoms with Crippen LogP contribution in [0.2, 0.25) is 5.02 Å². The van der Waals surface area contributed by atoms with Gasteiger partial charge in [-0.1, -0.05) is 11.6 Å². The summed E-state index contributed by atoms with van der Waals surface area (Å²) in [6.45, 7) is 0. The lowest BCUT2D eigenvalue weighted by atomic mass is 10.5. The van der Waals surface area contributed by atoms with Gasteiger partial charge in [-0.3, -0.25) is 0 Å². The fourth-order valence-corrected chi connectivity index (χ4v) is 1.92. The van der Waals surface area contributed by atoms with Crippen molar-refractivity contribution >= 4 is 39.3 Å². The van der Waals surface area contributed by atoms with Gasteiger partial charge in [0.1, 0.15) is 0 Å². The van der Waals surface area contributed by atoms with Crippen LogP contribution in [0.5, 0.6) is 0 Å². The largest absolute Gasteiger partial charge is 0.476 e. The third-order valence-electron chi connectivity index (χ3n) is 1.43. The Morgan fingerprint density at radius 1 is 1.62 bits per heavy atom. The van der Waals surface area contributed by atoms with Crippen LogP contribution < -0.4 is 0 Å². The van der Waals surface area contributed by atoms with Crippen molar-refractivity contribution in [2.45, 2.75) is 0 Å². The van der Waals surface area contributed by atoms with Gasteiger partial charge in [-0.15, -0.1) is 11.3 Å². The van der Waals surface area contributed by atoms with Crippen LogP contribution >= 0.6 is 22.9 Å². The molecule has 0 radical (unpaired) electrons. The van der Waals surface area contributed by atoms with Gasteiger partial charge in [-0.05, 0) is 6.07 Å². The van der Waals surface area contributed by atoms with Crippen molar-refractivity contribution in [2.24, 2.45) is 0 Å². The molecule has 0 fully saturated rings. The average molecular weight is 215 g/mol. The Kier molecular flexibility index (Phi) is 1.90. The number of hydrogen-bond donors (Lipinski definition) is 1. The molecule has 0 atom stereocenters. The summed E-state index contributed by atoms with van der Waals surface area (Å²) in [6.07, 6.45) is 1.50. The lowest BCUT2D eigenvalue weighted by molar-refractivity contribution is 0.0696. The molecular formula is C7H3ClN2O2S. The van der Waals surface area contributed by atoms with Gasteiger partial charge < -0.3 is 5.11 Å². The van der Waals surface area contributed by atoms with Crippen molar-refractivity contribution in [3.8, 4) is 0 Å². The van der Waals surface area contributed by atoms with Crippen LogP contribution in [0.1, 0.15) is 9.80 Å². The summed E-state index contributed by atoms with van der Waals surface area (Å²) in [5.74, 6) is -1.06. The smallest absolute Gasteiger partial charge is 0.365 e. The van der Waals surface area contributed by atoms with E-state index in [0.717, 1.165) is 11.3 Å². The predicted molar refractivity (Wildman–Crippen MR) is 49.4 cm³/mol. The fourth-order valence-electron chi connectivity index (χ4n) is 0.896. The maximum absolute atomic E-state index is 10.6. The van der Waals surface area contributed by atoms with Gasteiger partial charge in [0.2, 0.25) is 5.01 Å². The lowest BCUT2D eigenvalue weighted by Gasteiger charge is -1.86. The molecule has 2 aromatic heterocycles. The molecule has 6 heteroatoms. The SMILES string of the molecule is O=C(O)c1nc2nccc(Cl)c2s1. The first-order valence-corrected chi connectivity index (χ1v) is 4.52. The number of fused-ring (bicyclic) bond motifs is 1. The lowest BCUT2D eigenvalue weighted by Crippen LogP contribution is -1.93. The molecule has 0 saturated carbocycles. The second kappa shape index (κ2) is 2.93. The van der Waals surface area contributed by atoms with Gasteiger partial charge >= 0.3 is 5.97 Å². The Labute approximate surface area is 81.8 Å². The minimum atomic E-state index is -1.06. The number of nitrogens with zero attached hydrogens (tertiary/aromatic N) is 2. The molecule has 0 unspecified atom stereocenters. The van der Waals surface area contributed by atoms with Crippen LogP contribution in [-0.4, -0.2) is 21.0 Å². The number of carboxylic acids is 1. The summed E-state index contributed by atoms with van der Waals surface area (Å²) in [7, 11) is 0. The molecule has 0 bridgehead atoms. The van der Waals surface area contributed by atoms with Crippen LogP contribution in [0.15, 0.2) is 12.3 Å². The molecule has 0 aliphatic rings. The molecule has 0 aromatic carbocycles. The molecule has 66 valence electrons. The Bertz CT molecular complexity index is 482. The first kappa shape index (κ1) is 8.40. The normalized spacial score (nSPS) is 10.5. The highest BCUT2D eigenvalue weighted by Gasteiger charge is 2.12. The van der Waals surface area contributed by atoms with Crippen LogP contribution in [0.25, 0.3) is 10.3 Å². The van der Waals surface area contributed by atoms with Crippen molar-refractivity contribution in [3.63, 3.8) is 0 Å². The Morgan fingerprint density at radius 2 is 2.38 bits per heavy atom. The van der Waals surface area contributed by atoms with Crippen molar-refractivity contribution in [2.75, 3.05) is 0 Å². The van der Waals surface area contributed by atoms with E-state index in [1.165, 1.54) is 6.20 Å². The molecule has 2 rings (SSSR count). The Balaban J connectivity index is 2.75. The molecule has 4 nitrogen and oxygen atoms in total. The van der Waals surface area contributed by atoms with Gasteiger partial charge in [0.15, 0.2) is 5.65 Å². The summed E-state index contributed by atoms with van der Waals surface area (Å²) in [6, 6.07) is 1.60. The summed E-state index contributed by atoms with van der Waals surface area (Å²) in [4.78, 5) is 18.3. The van der Waals surface area contributed by atoms with Crippen LogP contribution in [0.4, 0.5) is 0 Å². The van der Waals surface area contributed by atoms with Crippen molar-refractivity contribution in [3.05, 3.63) is 22.3 Å². The number of rotatable bonds is 1. The Hall–Kier alpha value is -1.20. The maximum Gasteiger partial charge on any atom is 0.365 e. The van der Waals surface area contributed by atoms with E-state index in [4.69, 9.17) is 16.7 Å². The second-order valence-electron chi connectivity index (χ2n) is 2.27. The summed E-state index contributed by atoms with van der Waals surface area (Å²) in [5.41, 5.74) is 0.384. The van der Waals surface area contributed by atoms with E-state index in [9.17, 15) is 4.79 Å². The summed E-state index contributed by atoms with van der Waals surface area (Å²) >= 11 is 6.84. The van der Waals surface area contributed by atoms with E-state index in [1.54, 1.807) is 6.07 Å². The fraction of sp³-hybridized carbons (Fsp3) is 0. The zero-order valence-electron chi connectivity index (χ0n) is 6.19. The van der Waals surface area contributed by atoms with Gasteiger partial charge in [0.05, 0.1) is 9.72 Å². The molecule has 0 aliphatic carbocycles. The zero-order chi connectivity index (χ0) is 9.42. The third-order valence-corrected chi connectivity index (χ3v) is 2.92. The molecule has 0 amide bonds. The highest BCUT2D eigenvalue weighted by Crippen LogP contribution is 2.27. The molecule has 0 spiro atoms. The van der Waals surface area contributed by atoms with Crippen molar-refractivity contribution in [1.82, 2.24) is 9.97 Å². The van der Waals surface area contributed by atoms with Crippen molar-refractivity contribution in [1.29, 1.82) is 0 Å². The zero-order valence-corrected chi connectivity index (χ0v) is 7.76. The number of pyridine rings is 1. The number of aromatic carboxylic acids is 1. The maximum atomic E-state index is 10.6. The topological polar surface area (TPSA) is 63.1 Å². The van der Waals surface area contributed by atoms with E-state index in [2.05, 4.69) is 9.97 Å². The van der Waals surface area contributed by atoms with E-state index in [-0.39, 0.29) is 5.01 Å². The standard InChI is InChI=1S/C7H3ClN2O2S/c8-3-1-2-9-5-4(3)13-6(10-5)7(11)12/h1-2H,(H,11,12). The molecule has 2 aromatic rings. The quantitative estimate of drug-likeness (QED) is 0.789. The predicted octanol–water partition coefficient (Wildman–Crippen LogP) is 2.04. The average Bonchev–Trinajstić information content (AvgIpc) is 2.49. The van der Waals surface area contributed by atoms with E-state index in [0.29, 0.717) is 15.4 Å². The summed E-state index contributed by atoms with van der Waals surface area (Å²) in [5, 5.41) is 9.15. The first-order valence-electron chi connectivity index (χ1n) is 3.33. The minimum absolute atomic E-state index is 0.00981. The van der Waals surface area contributed by atoms with Crippen LogP contribution in [0, 0.1) is 0 Å².